The van der Waals surface area contributed by atoms with Gasteiger partial charge < -0.3 is 5.32 Å². The zero-order chi connectivity index (χ0) is 25.5. The minimum atomic E-state index is -4.01. The minimum absolute atomic E-state index is 0.0284. The van der Waals surface area contributed by atoms with Gasteiger partial charge in [-0.1, -0.05) is 77.4 Å². The number of nitrogens with zero attached hydrogens (tertiary/aromatic N) is 1. The first-order valence-corrected chi connectivity index (χ1v) is 13.9. The van der Waals surface area contributed by atoms with Crippen molar-refractivity contribution in [2.24, 2.45) is 0 Å². The summed E-state index contributed by atoms with van der Waals surface area (Å²) in [5.41, 5.74) is 1.26. The number of hydrogen-bond acceptors (Lipinski definition) is 4. The lowest BCUT2D eigenvalue weighted by atomic mass is 10.2. The molecule has 0 saturated carbocycles. The Morgan fingerprint density at radius 2 is 1.50 bits per heavy atom. The molecule has 0 unspecified atom stereocenters. The SMILES string of the molecule is O=C(CN(Cc1cccc(Cl)c1)S(=O)(=O)c1ccc(Cl)cc1)Nc1ccccc1Sc1ccccc1. The quantitative estimate of drug-likeness (QED) is 0.241. The zero-order valence-corrected chi connectivity index (χ0v) is 22.1. The smallest absolute Gasteiger partial charge is 0.243 e. The number of para-hydroxylation sites is 1. The first kappa shape index (κ1) is 26.3. The molecule has 0 aliphatic heterocycles. The first-order valence-electron chi connectivity index (χ1n) is 10.9. The van der Waals surface area contributed by atoms with Crippen LogP contribution in [0.5, 0.6) is 0 Å². The highest BCUT2D eigenvalue weighted by Crippen LogP contribution is 2.33. The van der Waals surface area contributed by atoms with Crippen molar-refractivity contribution in [2.45, 2.75) is 21.2 Å². The number of benzene rings is 4. The van der Waals surface area contributed by atoms with Crippen LogP contribution in [0.25, 0.3) is 0 Å². The molecule has 5 nitrogen and oxygen atoms in total. The van der Waals surface area contributed by atoms with Crippen molar-refractivity contribution < 1.29 is 13.2 Å². The van der Waals surface area contributed by atoms with Crippen LogP contribution in [0.15, 0.2) is 118 Å². The first-order chi connectivity index (χ1) is 17.3. The largest absolute Gasteiger partial charge is 0.324 e. The molecule has 0 aliphatic rings. The third-order valence-corrected chi connectivity index (χ3v) is 8.53. The topological polar surface area (TPSA) is 66.5 Å². The van der Waals surface area contributed by atoms with E-state index in [1.54, 1.807) is 30.3 Å². The Hall–Kier alpha value is -2.81. The lowest BCUT2D eigenvalue weighted by molar-refractivity contribution is -0.116. The molecule has 4 rings (SSSR count). The second kappa shape index (κ2) is 12.0. The lowest BCUT2D eigenvalue weighted by Gasteiger charge is -2.22. The Balaban J connectivity index is 1.58. The number of halogens is 2. The average molecular weight is 558 g/mol. The summed E-state index contributed by atoms with van der Waals surface area (Å²) in [5, 5.41) is 3.77. The van der Waals surface area contributed by atoms with Crippen LogP contribution < -0.4 is 5.32 Å². The van der Waals surface area contributed by atoms with Crippen molar-refractivity contribution in [3.8, 4) is 0 Å². The summed E-state index contributed by atoms with van der Waals surface area (Å²) < 4.78 is 28.1. The number of carbonyl (C=O) groups excluding carboxylic acids is 1. The van der Waals surface area contributed by atoms with Gasteiger partial charge in [0.25, 0.3) is 0 Å². The number of carbonyl (C=O) groups is 1. The van der Waals surface area contributed by atoms with Gasteiger partial charge in [0, 0.05) is 26.4 Å². The minimum Gasteiger partial charge on any atom is -0.324 e. The van der Waals surface area contributed by atoms with E-state index in [1.165, 1.54) is 36.0 Å². The lowest BCUT2D eigenvalue weighted by Crippen LogP contribution is -2.37. The standard InChI is InChI=1S/C27H22Cl2N2O3S2/c28-21-13-15-24(16-14-21)36(33,34)31(18-20-7-6-8-22(29)17-20)19-27(32)30-25-11-4-5-12-26(25)35-23-9-2-1-3-10-23/h1-17H,18-19H2,(H,30,32). The molecule has 36 heavy (non-hydrogen) atoms. The van der Waals surface area contributed by atoms with E-state index in [9.17, 15) is 13.2 Å². The highest BCUT2D eigenvalue weighted by Gasteiger charge is 2.27. The Morgan fingerprint density at radius 3 is 2.22 bits per heavy atom. The van der Waals surface area contributed by atoms with Gasteiger partial charge in [0.15, 0.2) is 0 Å². The fraction of sp³-hybridized carbons (Fsp3) is 0.0741. The molecule has 0 atom stereocenters. The van der Waals surface area contributed by atoms with Crippen molar-refractivity contribution >= 4 is 56.6 Å². The van der Waals surface area contributed by atoms with Crippen molar-refractivity contribution in [2.75, 3.05) is 11.9 Å². The molecule has 0 saturated heterocycles. The van der Waals surface area contributed by atoms with Crippen LogP contribution in [-0.2, 0) is 21.4 Å². The van der Waals surface area contributed by atoms with Crippen LogP contribution in [0.2, 0.25) is 10.0 Å². The normalized spacial score (nSPS) is 11.4. The maximum Gasteiger partial charge on any atom is 0.243 e. The number of nitrogens with one attached hydrogen (secondary N) is 1. The molecule has 1 N–H and O–H groups in total. The van der Waals surface area contributed by atoms with Gasteiger partial charge in [0.2, 0.25) is 15.9 Å². The summed E-state index contributed by atoms with van der Waals surface area (Å²) in [5.74, 6) is -0.462. The van der Waals surface area contributed by atoms with E-state index in [1.807, 2.05) is 48.5 Å². The molecule has 0 bridgehead atoms. The molecule has 0 spiro atoms. The molecule has 184 valence electrons. The van der Waals surface area contributed by atoms with Gasteiger partial charge in [-0.25, -0.2) is 8.42 Å². The third-order valence-electron chi connectivity index (χ3n) is 5.15. The second-order valence-corrected chi connectivity index (χ2v) is 11.7. The van der Waals surface area contributed by atoms with E-state index in [4.69, 9.17) is 23.2 Å². The second-order valence-electron chi connectivity index (χ2n) is 7.82. The molecule has 0 aromatic heterocycles. The van der Waals surface area contributed by atoms with E-state index in [-0.39, 0.29) is 18.0 Å². The fourth-order valence-electron chi connectivity index (χ4n) is 3.44. The van der Waals surface area contributed by atoms with Crippen LogP contribution in [0, 0.1) is 0 Å². The van der Waals surface area contributed by atoms with Crippen molar-refractivity contribution in [1.29, 1.82) is 0 Å². The summed E-state index contributed by atoms with van der Waals surface area (Å²) >= 11 is 13.6. The average Bonchev–Trinajstić information content (AvgIpc) is 2.86. The molecule has 0 radical (unpaired) electrons. The maximum absolute atomic E-state index is 13.5. The van der Waals surface area contributed by atoms with Crippen molar-refractivity contribution in [1.82, 2.24) is 4.31 Å². The molecule has 9 heteroatoms. The molecule has 1 amide bonds. The van der Waals surface area contributed by atoms with Crippen LogP contribution in [-0.4, -0.2) is 25.2 Å². The summed E-state index contributed by atoms with van der Waals surface area (Å²) in [7, 11) is -4.01. The Bertz CT molecular complexity index is 1450. The number of hydrogen-bond donors (Lipinski definition) is 1. The maximum atomic E-state index is 13.5. The van der Waals surface area contributed by atoms with Gasteiger partial charge >= 0.3 is 0 Å². The Morgan fingerprint density at radius 1 is 0.806 bits per heavy atom. The van der Waals surface area contributed by atoms with Gasteiger partial charge in [0.1, 0.15) is 0 Å². The van der Waals surface area contributed by atoms with E-state index in [0.29, 0.717) is 21.3 Å². The fourth-order valence-corrected chi connectivity index (χ4v) is 6.09. The van der Waals surface area contributed by atoms with Crippen LogP contribution in [0.1, 0.15) is 5.56 Å². The van der Waals surface area contributed by atoms with Crippen LogP contribution in [0.3, 0.4) is 0 Å². The zero-order valence-electron chi connectivity index (χ0n) is 19.0. The highest BCUT2D eigenvalue weighted by molar-refractivity contribution is 7.99. The van der Waals surface area contributed by atoms with Gasteiger partial charge in [-0.15, -0.1) is 0 Å². The monoisotopic (exact) mass is 556 g/mol. The highest BCUT2D eigenvalue weighted by atomic mass is 35.5. The summed E-state index contributed by atoms with van der Waals surface area (Å²) in [6, 6.07) is 29.9. The van der Waals surface area contributed by atoms with E-state index < -0.39 is 15.9 Å². The van der Waals surface area contributed by atoms with E-state index >= 15 is 0 Å². The van der Waals surface area contributed by atoms with E-state index in [0.717, 1.165) is 14.1 Å². The Labute approximate surface area is 225 Å². The summed E-state index contributed by atoms with van der Waals surface area (Å²) in [6.07, 6.45) is 0. The molecule has 0 heterocycles. The van der Waals surface area contributed by atoms with Gasteiger partial charge in [-0.3, -0.25) is 4.79 Å². The van der Waals surface area contributed by atoms with Crippen molar-refractivity contribution in [3.05, 3.63) is 119 Å². The molecule has 0 fully saturated rings. The van der Waals surface area contributed by atoms with Crippen LogP contribution in [0.4, 0.5) is 5.69 Å². The molecular weight excluding hydrogens is 535 g/mol. The van der Waals surface area contributed by atoms with Crippen molar-refractivity contribution in [3.63, 3.8) is 0 Å². The van der Waals surface area contributed by atoms with Gasteiger partial charge in [-0.05, 0) is 66.2 Å². The predicted molar refractivity (Wildman–Crippen MR) is 146 cm³/mol. The van der Waals surface area contributed by atoms with Gasteiger partial charge in [-0.2, -0.15) is 4.31 Å². The number of rotatable bonds is 9. The Kier molecular flexibility index (Phi) is 8.72. The molecular formula is C27H22Cl2N2O3S2. The molecule has 0 aliphatic carbocycles. The third kappa shape index (κ3) is 6.90. The molecule has 4 aromatic rings. The predicted octanol–water partition coefficient (Wildman–Crippen LogP) is 6.97. The summed E-state index contributed by atoms with van der Waals surface area (Å²) in [4.78, 5) is 15.1. The number of anilines is 1. The number of amides is 1. The van der Waals surface area contributed by atoms with E-state index in [2.05, 4.69) is 5.32 Å². The molecule has 4 aromatic carbocycles. The number of sulfonamides is 1. The summed E-state index contributed by atoms with van der Waals surface area (Å²) in [6.45, 7) is -0.416. The van der Waals surface area contributed by atoms with Gasteiger partial charge in [0.05, 0.1) is 17.1 Å². The van der Waals surface area contributed by atoms with Crippen LogP contribution >= 0.6 is 35.0 Å².